The van der Waals surface area contributed by atoms with Crippen molar-refractivity contribution in [2.75, 3.05) is 0 Å². The first-order valence-corrected chi connectivity index (χ1v) is 4.94. The van der Waals surface area contributed by atoms with E-state index in [1.165, 1.54) is 6.08 Å². The zero-order chi connectivity index (χ0) is 12.8. The molecule has 4 heteroatoms. The van der Waals surface area contributed by atoms with Gasteiger partial charge in [0.05, 0.1) is 11.1 Å². The maximum Gasteiger partial charge on any atom is 0.336 e. The molecule has 0 aliphatic carbocycles. The maximum atomic E-state index is 11.2. The van der Waals surface area contributed by atoms with Crippen molar-refractivity contribution in [1.29, 1.82) is 0 Å². The Hall–Kier alpha value is -2.36. The third kappa shape index (κ3) is 3.04. The van der Waals surface area contributed by atoms with Gasteiger partial charge in [-0.3, -0.25) is 0 Å². The summed E-state index contributed by atoms with van der Waals surface area (Å²) in [5.41, 5.74) is 0.0101. The summed E-state index contributed by atoms with van der Waals surface area (Å²) in [6.45, 7) is 3.43. The van der Waals surface area contributed by atoms with Crippen molar-refractivity contribution >= 4 is 17.5 Å². The molecule has 0 saturated carbocycles. The number of carboxylic acid groups (broad SMARTS) is 2. The normalized spacial score (nSPS) is 11.5. The van der Waals surface area contributed by atoms with E-state index >= 15 is 0 Å². The van der Waals surface area contributed by atoms with Gasteiger partial charge >= 0.3 is 11.9 Å². The number of carbonyl (C=O) groups is 2. The molecule has 4 nitrogen and oxygen atoms in total. The van der Waals surface area contributed by atoms with E-state index in [9.17, 15) is 9.59 Å². The van der Waals surface area contributed by atoms with Gasteiger partial charge in [-0.15, -0.1) is 6.58 Å². The smallest absolute Gasteiger partial charge is 0.336 e. The van der Waals surface area contributed by atoms with E-state index in [1.807, 2.05) is 0 Å². The van der Waals surface area contributed by atoms with Gasteiger partial charge in [0, 0.05) is 0 Å². The number of allylic oxidation sites excluding steroid dienone is 1. The molecule has 1 aromatic carbocycles. The van der Waals surface area contributed by atoms with Crippen LogP contribution in [0.2, 0.25) is 0 Å². The second-order valence-corrected chi connectivity index (χ2v) is 3.32. The summed E-state index contributed by atoms with van der Waals surface area (Å²) in [5, 5.41) is 18.1. The number of carboxylic acids is 2. The molecular weight excluding hydrogens is 220 g/mol. The minimum Gasteiger partial charge on any atom is -0.478 e. The Morgan fingerprint density at radius 2 is 1.71 bits per heavy atom. The molecule has 0 spiro atoms. The molecule has 1 rings (SSSR count). The van der Waals surface area contributed by atoms with Crippen molar-refractivity contribution in [2.45, 2.75) is 6.42 Å². The van der Waals surface area contributed by atoms with Gasteiger partial charge in [0.15, 0.2) is 0 Å². The minimum absolute atomic E-state index is 0.00581. The zero-order valence-corrected chi connectivity index (χ0v) is 9.09. The van der Waals surface area contributed by atoms with Gasteiger partial charge < -0.3 is 10.2 Å². The van der Waals surface area contributed by atoms with Crippen LogP contribution < -0.4 is 0 Å². The van der Waals surface area contributed by atoms with Crippen molar-refractivity contribution in [1.82, 2.24) is 0 Å². The molecule has 0 amide bonds. The molecule has 17 heavy (non-hydrogen) atoms. The molecule has 88 valence electrons. The summed E-state index contributed by atoms with van der Waals surface area (Å²) in [6.07, 6.45) is 1.38. The summed E-state index contributed by atoms with van der Waals surface area (Å²) in [7, 11) is 0. The predicted octanol–water partition coefficient (Wildman–Crippen LogP) is 2.19. The Balaban J connectivity index is 3.42. The monoisotopic (exact) mass is 232 g/mol. The van der Waals surface area contributed by atoms with Crippen LogP contribution in [0.15, 0.2) is 48.6 Å². The van der Waals surface area contributed by atoms with Crippen molar-refractivity contribution in [3.63, 3.8) is 0 Å². The third-order valence-electron chi connectivity index (χ3n) is 2.18. The van der Waals surface area contributed by atoms with E-state index in [0.717, 1.165) is 0 Å². The molecule has 0 saturated heterocycles. The molecule has 0 atom stereocenters. The van der Waals surface area contributed by atoms with E-state index in [0.29, 0.717) is 5.56 Å². The van der Waals surface area contributed by atoms with Crippen molar-refractivity contribution < 1.29 is 19.8 Å². The second kappa shape index (κ2) is 5.65. The zero-order valence-electron chi connectivity index (χ0n) is 9.09. The topological polar surface area (TPSA) is 74.6 Å². The van der Waals surface area contributed by atoms with Crippen LogP contribution in [-0.2, 0) is 9.59 Å². The lowest BCUT2D eigenvalue weighted by Crippen LogP contribution is -2.10. The number of benzene rings is 1. The van der Waals surface area contributed by atoms with Crippen LogP contribution in [0.5, 0.6) is 0 Å². The van der Waals surface area contributed by atoms with Gasteiger partial charge in [0.25, 0.3) is 0 Å². The summed E-state index contributed by atoms with van der Waals surface area (Å²) in [6, 6.07) is 8.18. The molecule has 0 fully saturated rings. The Kier molecular flexibility index (Phi) is 4.22. The fourth-order valence-corrected chi connectivity index (χ4v) is 1.47. The van der Waals surface area contributed by atoms with Gasteiger partial charge in [-0.25, -0.2) is 9.59 Å². The highest BCUT2D eigenvalue weighted by molar-refractivity contribution is 6.21. The second-order valence-electron chi connectivity index (χ2n) is 3.32. The fourth-order valence-electron chi connectivity index (χ4n) is 1.47. The number of hydrogen-bond donors (Lipinski definition) is 2. The highest BCUT2D eigenvalue weighted by Crippen LogP contribution is 2.21. The van der Waals surface area contributed by atoms with E-state index in [1.54, 1.807) is 30.3 Å². The number of aliphatic carboxylic acids is 2. The average Bonchev–Trinajstić information content (AvgIpc) is 2.29. The molecule has 0 aliphatic heterocycles. The molecule has 0 aliphatic rings. The largest absolute Gasteiger partial charge is 0.478 e. The average molecular weight is 232 g/mol. The summed E-state index contributed by atoms with van der Waals surface area (Å²) in [5.74, 6) is -2.50. The molecule has 0 heterocycles. The molecular formula is C13H12O4. The SMILES string of the molecule is C=CC/C(C(=O)O)=C(\C(=O)O)c1ccccc1. The number of rotatable bonds is 5. The molecule has 2 N–H and O–H groups in total. The van der Waals surface area contributed by atoms with Crippen LogP contribution in [0.4, 0.5) is 0 Å². The predicted molar refractivity (Wildman–Crippen MR) is 63.4 cm³/mol. The summed E-state index contributed by atoms with van der Waals surface area (Å²) in [4.78, 5) is 22.2. The van der Waals surface area contributed by atoms with Gasteiger partial charge in [-0.1, -0.05) is 36.4 Å². The molecule has 0 aromatic heterocycles. The van der Waals surface area contributed by atoms with Crippen LogP contribution >= 0.6 is 0 Å². The van der Waals surface area contributed by atoms with Crippen LogP contribution in [0.1, 0.15) is 12.0 Å². The van der Waals surface area contributed by atoms with E-state index in [-0.39, 0.29) is 17.6 Å². The van der Waals surface area contributed by atoms with Crippen LogP contribution in [0.25, 0.3) is 5.57 Å². The fraction of sp³-hybridized carbons (Fsp3) is 0.0769. The van der Waals surface area contributed by atoms with E-state index in [2.05, 4.69) is 6.58 Å². The first-order chi connectivity index (χ1) is 8.07. The lowest BCUT2D eigenvalue weighted by Gasteiger charge is -2.07. The van der Waals surface area contributed by atoms with Gasteiger partial charge in [0.1, 0.15) is 0 Å². The standard InChI is InChI=1S/C13H12O4/c1-2-6-10(12(14)15)11(13(16)17)9-7-4-3-5-8-9/h2-5,7-8H,1,6H2,(H,14,15)(H,16,17)/b11-10+. The lowest BCUT2D eigenvalue weighted by molar-refractivity contribution is -0.134. The van der Waals surface area contributed by atoms with E-state index in [4.69, 9.17) is 10.2 Å². The molecule has 0 unspecified atom stereocenters. The Morgan fingerprint density at radius 1 is 1.12 bits per heavy atom. The highest BCUT2D eigenvalue weighted by atomic mass is 16.4. The van der Waals surface area contributed by atoms with Gasteiger partial charge in [-0.2, -0.15) is 0 Å². The molecule has 1 aromatic rings. The van der Waals surface area contributed by atoms with Crippen molar-refractivity contribution in [3.05, 3.63) is 54.1 Å². The summed E-state index contributed by atoms with van der Waals surface area (Å²) < 4.78 is 0. The Labute approximate surface area is 98.5 Å². The van der Waals surface area contributed by atoms with Crippen LogP contribution in [-0.4, -0.2) is 22.2 Å². The van der Waals surface area contributed by atoms with Crippen LogP contribution in [0, 0.1) is 0 Å². The molecule has 0 radical (unpaired) electrons. The lowest BCUT2D eigenvalue weighted by atomic mass is 9.98. The van der Waals surface area contributed by atoms with E-state index < -0.39 is 11.9 Å². The van der Waals surface area contributed by atoms with Crippen LogP contribution in [0.3, 0.4) is 0 Å². The third-order valence-corrected chi connectivity index (χ3v) is 2.18. The highest BCUT2D eigenvalue weighted by Gasteiger charge is 2.20. The summed E-state index contributed by atoms with van der Waals surface area (Å²) >= 11 is 0. The Bertz CT molecular complexity index is 471. The molecule has 0 bridgehead atoms. The maximum absolute atomic E-state index is 11.2. The van der Waals surface area contributed by atoms with Crippen molar-refractivity contribution in [2.24, 2.45) is 0 Å². The quantitative estimate of drug-likeness (QED) is 0.602. The Morgan fingerprint density at radius 3 is 2.12 bits per heavy atom. The van der Waals surface area contributed by atoms with Gasteiger partial charge in [-0.05, 0) is 12.0 Å². The number of hydrogen-bond acceptors (Lipinski definition) is 2. The van der Waals surface area contributed by atoms with Gasteiger partial charge in [0.2, 0.25) is 0 Å². The first kappa shape index (κ1) is 12.7. The first-order valence-electron chi connectivity index (χ1n) is 4.94. The minimum atomic E-state index is -1.25. The van der Waals surface area contributed by atoms with Crippen molar-refractivity contribution in [3.8, 4) is 0 Å².